The largest absolute Gasteiger partial charge is 0.390 e. The first kappa shape index (κ1) is 24.6. The topological polar surface area (TPSA) is 93.6 Å². The van der Waals surface area contributed by atoms with E-state index in [-0.39, 0.29) is 18.6 Å². The lowest BCUT2D eigenvalue weighted by molar-refractivity contribution is -0.0476. The second-order valence-corrected chi connectivity index (χ2v) is 9.06. The Morgan fingerprint density at radius 2 is 1.68 bits per heavy atom. The van der Waals surface area contributed by atoms with Crippen LogP contribution in [0.15, 0.2) is 80.5 Å². The molecule has 0 aliphatic heterocycles. The predicted molar refractivity (Wildman–Crippen MR) is 139 cm³/mol. The molecule has 1 heterocycles. The molecular formula is C26H27IN2O5. The molecule has 0 radical (unpaired) electrons. The number of hydrogen-bond donors (Lipinski definition) is 2. The van der Waals surface area contributed by atoms with Gasteiger partial charge in [0, 0.05) is 12.1 Å². The standard InChI is InChI=1S/C26H27IN2O5/c27-12-11-20-14-29(26(32)28-25(20)31)22-13-23(34-16-19-9-5-2-6-10-19)21(24(22)30)17-33-15-18-7-3-1-4-8-18/h1-12,14,21-24,30H,13,15-17H2,(H,28,31,32). The molecule has 178 valence electrons. The van der Waals surface area contributed by atoms with Crippen molar-refractivity contribution in [3.8, 4) is 0 Å². The van der Waals surface area contributed by atoms with Crippen LogP contribution in [0.1, 0.15) is 29.2 Å². The summed E-state index contributed by atoms with van der Waals surface area (Å²) < 4.78 is 15.3. The minimum absolute atomic E-state index is 0.282. The van der Waals surface area contributed by atoms with Crippen molar-refractivity contribution in [2.24, 2.45) is 5.92 Å². The fourth-order valence-electron chi connectivity index (χ4n) is 4.33. The predicted octanol–water partition coefficient (Wildman–Crippen LogP) is 3.67. The molecule has 8 heteroatoms. The third kappa shape index (κ3) is 5.93. The zero-order chi connectivity index (χ0) is 23.9. The molecule has 34 heavy (non-hydrogen) atoms. The Kier molecular flexibility index (Phi) is 8.49. The van der Waals surface area contributed by atoms with E-state index in [9.17, 15) is 14.7 Å². The van der Waals surface area contributed by atoms with Crippen LogP contribution in [0.3, 0.4) is 0 Å². The van der Waals surface area contributed by atoms with E-state index < -0.39 is 23.4 Å². The molecule has 0 amide bonds. The molecule has 4 atom stereocenters. The van der Waals surface area contributed by atoms with Crippen molar-refractivity contribution in [1.29, 1.82) is 0 Å². The molecule has 3 aromatic rings. The van der Waals surface area contributed by atoms with E-state index in [1.54, 1.807) is 10.2 Å². The Morgan fingerprint density at radius 3 is 2.32 bits per heavy atom. The number of ether oxygens (including phenoxy) is 2. The summed E-state index contributed by atoms with van der Waals surface area (Å²) in [7, 11) is 0. The second kappa shape index (κ2) is 11.7. The highest BCUT2D eigenvalue weighted by Gasteiger charge is 2.44. The zero-order valence-electron chi connectivity index (χ0n) is 18.5. The number of H-pyrrole nitrogens is 1. The van der Waals surface area contributed by atoms with Crippen LogP contribution < -0.4 is 11.2 Å². The van der Waals surface area contributed by atoms with Crippen molar-refractivity contribution in [2.45, 2.75) is 37.9 Å². The number of nitrogens with zero attached hydrogens (tertiary/aromatic N) is 1. The van der Waals surface area contributed by atoms with Crippen LogP contribution in [0.2, 0.25) is 0 Å². The number of halogens is 1. The summed E-state index contributed by atoms with van der Waals surface area (Å²) >= 11 is 2.02. The van der Waals surface area contributed by atoms with Gasteiger partial charge in [-0.15, -0.1) is 0 Å². The van der Waals surface area contributed by atoms with Crippen molar-refractivity contribution in [3.05, 3.63) is 108 Å². The Hall–Kier alpha value is -2.53. The number of benzene rings is 2. The van der Waals surface area contributed by atoms with Gasteiger partial charge in [0.05, 0.1) is 43.6 Å². The first-order chi connectivity index (χ1) is 16.6. The molecule has 4 rings (SSSR count). The van der Waals surface area contributed by atoms with E-state index in [1.165, 1.54) is 10.8 Å². The molecule has 4 unspecified atom stereocenters. The summed E-state index contributed by atoms with van der Waals surface area (Å²) in [5.41, 5.74) is 1.42. The van der Waals surface area contributed by atoms with Crippen LogP contribution >= 0.6 is 22.6 Å². The van der Waals surface area contributed by atoms with E-state index in [1.807, 2.05) is 83.3 Å². The number of hydrogen-bond acceptors (Lipinski definition) is 5. The van der Waals surface area contributed by atoms with Crippen LogP contribution in [0.5, 0.6) is 0 Å². The van der Waals surface area contributed by atoms with Crippen LogP contribution in [-0.2, 0) is 22.7 Å². The van der Waals surface area contributed by atoms with Crippen LogP contribution in [0.25, 0.3) is 6.08 Å². The SMILES string of the molecule is O=c1[nH]c(=O)n(C2CC(OCc3ccccc3)C(COCc3ccccc3)C2O)cc1C=CI. The highest BCUT2D eigenvalue weighted by atomic mass is 127. The molecule has 1 saturated carbocycles. The molecule has 2 aromatic carbocycles. The Balaban J connectivity index is 1.54. The Bertz CT molecular complexity index is 1210. The number of aliphatic hydroxyl groups excluding tert-OH is 1. The van der Waals surface area contributed by atoms with Crippen molar-refractivity contribution in [3.63, 3.8) is 0 Å². The highest BCUT2D eigenvalue weighted by molar-refractivity contribution is 14.1. The van der Waals surface area contributed by atoms with Crippen molar-refractivity contribution >= 4 is 28.7 Å². The molecule has 7 nitrogen and oxygen atoms in total. The maximum atomic E-state index is 12.6. The van der Waals surface area contributed by atoms with Crippen molar-refractivity contribution in [2.75, 3.05) is 6.61 Å². The smallest absolute Gasteiger partial charge is 0.328 e. The molecule has 1 fully saturated rings. The van der Waals surface area contributed by atoms with Gasteiger partial charge in [-0.1, -0.05) is 83.3 Å². The fraction of sp³-hybridized carbons (Fsp3) is 0.308. The van der Waals surface area contributed by atoms with Gasteiger partial charge in [-0.3, -0.25) is 14.3 Å². The molecule has 0 spiro atoms. The lowest BCUT2D eigenvalue weighted by Gasteiger charge is -2.23. The first-order valence-electron chi connectivity index (χ1n) is 11.1. The van der Waals surface area contributed by atoms with Gasteiger partial charge in [-0.2, -0.15) is 0 Å². The Morgan fingerprint density at radius 1 is 1.03 bits per heavy atom. The molecule has 0 bridgehead atoms. The monoisotopic (exact) mass is 574 g/mol. The maximum Gasteiger partial charge on any atom is 0.328 e. The van der Waals surface area contributed by atoms with E-state index in [4.69, 9.17) is 9.47 Å². The van der Waals surface area contributed by atoms with E-state index in [0.29, 0.717) is 25.2 Å². The molecular weight excluding hydrogens is 547 g/mol. The Labute approximate surface area is 211 Å². The van der Waals surface area contributed by atoms with Gasteiger partial charge < -0.3 is 14.6 Å². The van der Waals surface area contributed by atoms with Crippen molar-refractivity contribution < 1.29 is 14.6 Å². The zero-order valence-corrected chi connectivity index (χ0v) is 20.7. The summed E-state index contributed by atoms with van der Waals surface area (Å²) in [5.74, 6) is -0.334. The summed E-state index contributed by atoms with van der Waals surface area (Å²) in [5, 5.41) is 11.3. The summed E-state index contributed by atoms with van der Waals surface area (Å²) in [6.07, 6.45) is 2.36. The normalized spacial score (nSPS) is 22.4. The molecule has 0 saturated heterocycles. The van der Waals surface area contributed by atoms with Crippen LogP contribution in [0.4, 0.5) is 0 Å². The minimum Gasteiger partial charge on any atom is -0.390 e. The minimum atomic E-state index is -0.878. The number of aromatic nitrogens is 2. The van der Waals surface area contributed by atoms with Gasteiger partial charge in [-0.25, -0.2) is 4.79 Å². The fourth-order valence-corrected chi connectivity index (χ4v) is 4.72. The van der Waals surface area contributed by atoms with Gasteiger partial charge in [0.2, 0.25) is 0 Å². The van der Waals surface area contributed by atoms with Gasteiger partial charge in [0.25, 0.3) is 5.56 Å². The van der Waals surface area contributed by atoms with E-state index >= 15 is 0 Å². The van der Waals surface area contributed by atoms with Gasteiger partial charge >= 0.3 is 5.69 Å². The van der Waals surface area contributed by atoms with E-state index in [0.717, 1.165) is 11.1 Å². The number of aliphatic hydroxyl groups is 1. The molecule has 1 aliphatic rings. The average molecular weight is 574 g/mol. The van der Waals surface area contributed by atoms with Gasteiger partial charge in [0.1, 0.15) is 0 Å². The van der Waals surface area contributed by atoms with E-state index in [2.05, 4.69) is 4.98 Å². The number of rotatable bonds is 9. The summed E-state index contributed by atoms with van der Waals surface area (Å²) in [4.78, 5) is 27.1. The number of nitrogens with one attached hydrogen (secondary N) is 1. The number of aromatic amines is 1. The average Bonchev–Trinajstić information content (AvgIpc) is 3.16. The van der Waals surface area contributed by atoms with Crippen molar-refractivity contribution in [1.82, 2.24) is 9.55 Å². The summed E-state index contributed by atoms with van der Waals surface area (Å²) in [6, 6.07) is 19.1. The third-order valence-electron chi connectivity index (χ3n) is 6.11. The summed E-state index contributed by atoms with van der Waals surface area (Å²) in [6.45, 7) is 1.09. The third-order valence-corrected chi connectivity index (χ3v) is 6.47. The quantitative estimate of drug-likeness (QED) is 0.381. The van der Waals surface area contributed by atoms with Crippen LogP contribution in [-0.4, -0.2) is 33.5 Å². The maximum absolute atomic E-state index is 12.6. The lowest BCUT2D eigenvalue weighted by Crippen LogP contribution is -2.37. The van der Waals surface area contributed by atoms with Crippen LogP contribution in [0, 0.1) is 5.92 Å². The second-order valence-electron chi connectivity index (χ2n) is 8.34. The highest BCUT2D eigenvalue weighted by Crippen LogP contribution is 2.37. The molecule has 1 aromatic heterocycles. The molecule has 1 aliphatic carbocycles. The molecule has 2 N–H and O–H groups in total. The van der Waals surface area contributed by atoms with Gasteiger partial charge in [0.15, 0.2) is 0 Å². The van der Waals surface area contributed by atoms with Gasteiger partial charge in [-0.05, 0) is 27.7 Å². The lowest BCUT2D eigenvalue weighted by atomic mass is 10.0. The first-order valence-corrected chi connectivity index (χ1v) is 12.4.